The molecule has 1 fully saturated rings. The molecule has 176 valence electrons. The number of morpholine rings is 1. The third-order valence-corrected chi connectivity index (χ3v) is 8.60. The van der Waals surface area contributed by atoms with Crippen LogP contribution in [0.1, 0.15) is 31.9 Å². The van der Waals surface area contributed by atoms with Gasteiger partial charge in [-0.05, 0) is 37.1 Å². The van der Waals surface area contributed by atoms with Gasteiger partial charge in [0.05, 0.1) is 18.1 Å². The van der Waals surface area contributed by atoms with Crippen LogP contribution < -0.4 is 0 Å². The topological polar surface area (TPSA) is 77.3 Å². The van der Waals surface area contributed by atoms with Crippen molar-refractivity contribution in [3.05, 3.63) is 59.9 Å². The number of thioether (sulfide) groups is 1. The molecule has 0 N–H and O–H groups in total. The van der Waals surface area contributed by atoms with Crippen LogP contribution in [0.3, 0.4) is 0 Å². The monoisotopic (exact) mass is 490 g/mol. The summed E-state index contributed by atoms with van der Waals surface area (Å²) in [6.07, 6.45) is 0.837. The highest BCUT2D eigenvalue weighted by molar-refractivity contribution is 7.98. The van der Waals surface area contributed by atoms with E-state index < -0.39 is 10.0 Å². The molecule has 1 aliphatic heterocycles. The maximum atomic E-state index is 14.1. The Bertz CT molecular complexity index is 1210. The Morgan fingerprint density at radius 2 is 1.88 bits per heavy atom. The molecule has 0 bridgehead atoms. The molecule has 3 aromatic rings. The van der Waals surface area contributed by atoms with Crippen LogP contribution in [-0.2, 0) is 20.5 Å². The minimum Gasteiger partial charge on any atom is -0.379 e. The molecule has 1 aliphatic rings. The van der Waals surface area contributed by atoms with Crippen molar-refractivity contribution in [3.8, 4) is 11.4 Å². The molecule has 0 aliphatic carbocycles. The third kappa shape index (κ3) is 5.13. The SMILES string of the molecule is CC[C@@H](C)n1c(SCc2ccccc2F)nnc1-c1cccc(S(=O)(=O)N2CCOCC2)c1. The molecule has 7 nitrogen and oxygen atoms in total. The van der Waals surface area contributed by atoms with E-state index in [1.54, 1.807) is 30.3 Å². The lowest BCUT2D eigenvalue weighted by molar-refractivity contribution is 0.0730. The summed E-state index contributed by atoms with van der Waals surface area (Å²) in [6, 6.07) is 13.6. The Kier molecular flexibility index (Phi) is 7.48. The summed E-state index contributed by atoms with van der Waals surface area (Å²) < 4.78 is 49.1. The number of rotatable bonds is 8. The third-order valence-electron chi connectivity index (χ3n) is 5.71. The van der Waals surface area contributed by atoms with Crippen molar-refractivity contribution in [1.29, 1.82) is 0 Å². The summed E-state index contributed by atoms with van der Waals surface area (Å²) in [5.74, 6) is 0.771. The second-order valence-electron chi connectivity index (χ2n) is 7.86. The first-order chi connectivity index (χ1) is 15.9. The molecule has 1 atom stereocenters. The maximum Gasteiger partial charge on any atom is 0.243 e. The quantitative estimate of drug-likeness (QED) is 0.437. The summed E-state index contributed by atoms with van der Waals surface area (Å²) in [4.78, 5) is 0.223. The summed E-state index contributed by atoms with van der Waals surface area (Å²) in [6.45, 7) is 5.60. The molecule has 0 saturated carbocycles. The first-order valence-corrected chi connectivity index (χ1v) is 13.3. The average molecular weight is 491 g/mol. The van der Waals surface area contributed by atoms with E-state index in [0.717, 1.165) is 6.42 Å². The first-order valence-electron chi connectivity index (χ1n) is 10.9. The van der Waals surface area contributed by atoms with Gasteiger partial charge in [-0.2, -0.15) is 4.31 Å². The fourth-order valence-electron chi connectivity index (χ4n) is 3.64. The van der Waals surface area contributed by atoms with Crippen LogP contribution in [0.5, 0.6) is 0 Å². The minimum atomic E-state index is -3.63. The lowest BCUT2D eigenvalue weighted by Gasteiger charge is -2.26. The van der Waals surface area contributed by atoms with Gasteiger partial charge in [0.25, 0.3) is 0 Å². The molecule has 2 heterocycles. The molecule has 0 unspecified atom stereocenters. The normalized spacial score (nSPS) is 16.1. The zero-order chi connectivity index (χ0) is 23.4. The fourth-order valence-corrected chi connectivity index (χ4v) is 6.12. The second kappa shape index (κ2) is 10.3. The van der Waals surface area contributed by atoms with Crippen molar-refractivity contribution in [2.24, 2.45) is 0 Å². The Hall–Kier alpha value is -2.27. The highest BCUT2D eigenvalue weighted by atomic mass is 32.2. The predicted octanol–water partition coefficient (Wildman–Crippen LogP) is 4.37. The molecule has 4 rings (SSSR count). The maximum absolute atomic E-state index is 14.1. The van der Waals surface area contributed by atoms with Crippen molar-refractivity contribution in [2.45, 2.75) is 42.1 Å². The van der Waals surface area contributed by atoms with Gasteiger partial charge in [-0.3, -0.25) is 4.57 Å². The van der Waals surface area contributed by atoms with Gasteiger partial charge in [-0.15, -0.1) is 10.2 Å². The molecular formula is C23H27FN4O3S2. The molecule has 10 heteroatoms. The molecule has 1 aromatic heterocycles. The Morgan fingerprint density at radius 3 is 2.61 bits per heavy atom. The van der Waals surface area contributed by atoms with Crippen molar-refractivity contribution in [3.63, 3.8) is 0 Å². The number of nitrogens with zero attached hydrogens (tertiary/aromatic N) is 4. The summed E-state index contributed by atoms with van der Waals surface area (Å²) in [5, 5.41) is 9.43. The predicted molar refractivity (Wildman–Crippen MR) is 126 cm³/mol. The van der Waals surface area contributed by atoms with Crippen LogP contribution in [0.25, 0.3) is 11.4 Å². The number of sulfonamides is 1. The second-order valence-corrected chi connectivity index (χ2v) is 10.7. The van der Waals surface area contributed by atoms with E-state index in [-0.39, 0.29) is 16.8 Å². The average Bonchev–Trinajstić information content (AvgIpc) is 3.27. The van der Waals surface area contributed by atoms with Crippen molar-refractivity contribution < 1.29 is 17.5 Å². The Balaban J connectivity index is 1.66. The summed E-state index contributed by atoms with van der Waals surface area (Å²) in [7, 11) is -3.63. The molecular weight excluding hydrogens is 463 g/mol. The molecule has 0 radical (unpaired) electrons. The molecule has 1 saturated heterocycles. The van der Waals surface area contributed by atoms with Gasteiger partial charge in [0.2, 0.25) is 10.0 Å². The van der Waals surface area contributed by atoms with E-state index in [1.807, 2.05) is 16.7 Å². The van der Waals surface area contributed by atoms with E-state index in [9.17, 15) is 12.8 Å². The number of hydrogen-bond acceptors (Lipinski definition) is 6. The number of halogens is 1. The number of ether oxygens (including phenoxy) is 1. The molecule has 2 aromatic carbocycles. The highest BCUT2D eigenvalue weighted by Crippen LogP contribution is 2.32. The van der Waals surface area contributed by atoms with E-state index >= 15 is 0 Å². The Morgan fingerprint density at radius 1 is 1.12 bits per heavy atom. The van der Waals surface area contributed by atoms with Gasteiger partial charge in [-0.25, -0.2) is 12.8 Å². The van der Waals surface area contributed by atoms with Crippen LogP contribution in [-0.4, -0.2) is 53.8 Å². The number of hydrogen-bond donors (Lipinski definition) is 0. The van der Waals surface area contributed by atoms with E-state index in [4.69, 9.17) is 4.74 Å². The molecule has 33 heavy (non-hydrogen) atoms. The van der Waals surface area contributed by atoms with Crippen LogP contribution in [0.2, 0.25) is 0 Å². The van der Waals surface area contributed by atoms with Gasteiger partial charge < -0.3 is 4.74 Å². The number of aromatic nitrogens is 3. The van der Waals surface area contributed by atoms with Crippen LogP contribution in [0, 0.1) is 5.82 Å². The minimum absolute atomic E-state index is 0.0811. The van der Waals surface area contributed by atoms with Gasteiger partial charge in [0.1, 0.15) is 5.82 Å². The first kappa shape index (κ1) is 23.9. The van der Waals surface area contributed by atoms with Crippen LogP contribution >= 0.6 is 11.8 Å². The van der Waals surface area contributed by atoms with E-state index in [1.165, 1.54) is 22.1 Å². The van der Waals surface area contributed by atoms with Gasteiger partial charge in [0, 0.05) is 30.4 Å². The zero-order valence-electron chi connectivity index (χ0n) is 18.6. The fraction of sp³-hybridized carbons (Fsp3) is 0.391. The molecule has 0 amide bonds. The van der Waals surface area contributed by atoms with E-state index in [2.05, 4.69) is 24.0 Å². The zero-order valence-corrected chi connectivity index (χ0v) is 20.3. The van der Waals surface area contributed by atoms with Gasteiger partial charge >= 0.3 is 0 Å². The lowest BCUT2D eigenvalue weighted by atomic mass is 10.2. The van der Waals surface area contributed by atoms with Crippen molar-refractivity contribution in [2.75, 3.05) is 26.3 Å². The highest BCUT2D eigenvalue weighted by Gasteiger charge is 2.27. The number of benzene rings is 2. The Labute approximate surface area is 198 Å². The van der Waals surface area contributed by atoms with Gasteiger partial charge in [-0.1, -0.05) is 49.0 Å². The van der Waals surface area contributed by atoms with Crippen molar-refractivity contribution >= 4 is 21.8 Å². The van der Waals surface area contributed by atoms with E-state index in [0.29, 0.717) is 54.2 Å². The standard InChI is InChI=1S/C23H27FN4O3S2/c1-3-17(2)28-22(25-26-23(28)32-16-19-7-4-5-10-21(19)24)18-8-6-9-20(15-18)33(29,30)27-11-13-31-14-12-27/h4-10,15,17H,3,11-14,16H2,1-2H3/t17-/m1/s1. The van der Waals surface area contributed by atoms with Crippen LogP contribution in [0.4, 0.5) is 4.39 Å². The van der Waals surface area contributed by atoms with Gasteiger partial charge in [0.15, 0.2) is 11.0 Å². The van der Waals surface area contributed by atoms with Crippen LogP contribution in [0.15, 0.2) is 58.6 Å². The summed E-state index contributed by atoms with van der Waals surface area (Å²) >= 11 is 1.41. The summed E-state index contributed by atoms with van der Waals surface area (Å²) in [5.41, 5.74) is 1.27. The lowest BCUT2D eigenvalue weighted by Crippen LogP contribution is -2.40. The molecule has 0 spiro atoms. The largest absolute Gasteiger partial charge is 0.379 e. The van der Waals surface area contributed by atoms with Crippen molar-refractivity contribution in [1.82, 2.24) is 19.1 Å². The smallest absolute Gasteiger partial charge is 0.243 e.